The minimum absolute atomic E-state index is 0. The second kappa shape index (κ2) is 8.15. The summed E-state index contributed by atoms with van der Waals surface area (Å²) in [6.45, 7) is 3.42. The molecule has 2 aliphatic rings. The van der Waals surface area contributed by atoms with Crippen LogP contribution in [0.4, 0.5) is 5.69 Å². The average Bonchev–Trinajstić information content (AvgIpc) is 3.26. The van der Waals surface area contributed by atoms with Gasteiger partial charge in [-0.3, -0.25) is 9.59 Å². The number of fused-ring (bicyclic) bond motifs is 2. The van der Waals surface area contributed by atoms with Crippen molar-refractivity contribution in [3.05, 3.63) is 53.5 Å². The normalized spacial score (nSPS) is 21.3. The van der Waals surface area contributed by atoms with Crippen LogP contribution in [0.3, 0.4) is 0 Å². The predicted molar refractivity (Wildman–Crippen MR) is 106 cm³/mol. The molecule has 2 aromatic rings. The van der Waals surface area contributed by atoms with Crippen LogP contribution in [-0.2, 0) is 0 Å². The van der Waals surface area contributed by atoms with Crippen LogP contribution in [0.1, 0.15) is 45.7 Å². The van der Waals surface area contributed by atoms with Crippen molar-refractivity contribution in [1.29, 1.82) is 0 Å². The SMILES string of the molecule is Cc1ccc(C(=O)N2CCC3CCC(C2)N3)cc1NC(=O)c1ccco1.Cl. The molecule has 2 atom stereocenters. The molecule has 144 valence electrons. The summed E-state index contributed by atoms with van der Waals surface area (Å²) < 4.78 is 5.13. The number of hydrogen-bond acceptors (Lipinski definition) is 4. The molecule has 0 radical (unpaired) electrons. The van der Waals surface area contributed by atoms with Crippen LogP contribution in [0.5, 0.6) is 0 Å². The molecule has 2 saturated heterocycles. The largest absolute Gasteiger partial charge is 0.459 e. The highest BCUT2D eigenvalue weighted by Crippen LogP contribution is 2.23. The molecule has 0 saturated carbocycles. The van der Waals surface area contributed by atoms with Gasteiger partial charge in [0.25, 0.3) is 11.8 Å². The third kappa shape index (κ3) is 4.17. The number of carbonyl (C=O) groups excluding carboxylic acids is 2. The maximum Gasteiger partial charge on any atom is 0.291 e. The van der Waals surface area contributed by atoms with Crippen LogP contribution in [0.25, 0.3) is 0 Å². The van der Waals surface area contributed by atoms with E-state index in [1.54, 1.807) is 18.2 Å². The first-order chi connectivity index (χ1) is 12.6. The Bertz CT molecular complexity index is 822. The zero-order valence-corrected chi connectivity index (χ0v) is 16.1. The lowest BCUT2D eigenvalue weighted by Crippen LogP contribution is -2.39. The van der Waals surface area contributed by atoms with E-state index in [9.17, 15) is 9.59 Å². The molecule has 4 rings (SSSR count). The van der Waals surface area contributed by atoms with Gasteiger partial charge < -0.3 is 20.0 Å². The van der Waals surface area contributed by atoms with Crippen LogP contribution in [-0.4, -0.2) is 41.9 Å². The summed E-state index contributed by atoms with van der Waals surface area (Å²) in [5, 5.41) is 6.42. The first-order valence-electron chi connectivity index (χ1n) is 9.11. The van der Waals surface area contributed by atoms with Crippen molar-refractivity contribution in [2.24, 2.45) is 0 Å². The monoisotopic (exact) mass is 389 g/mol. The van der Waals surface area contributed by atoms with Crippen molar-refractivity contribution >= 4 is 29.9 Å². The third-order valence-corrected chi connectivity index (χ3v) is 5.29. The molecule has 0 spiro atoms. The number of anilines is 1. The fourth-order valence-corrected chi connectivity index (χ4v) is 3.79. The average molecular weight is 390 g/mol. The summed E-state index contributed by atoms with van der Waals surface area (Å²) in [6, 6.07) is 9.68. The molecule has 2 amide bonds. The number of aryl methyl sites for hydroxylation is 1. The van der Waals surface area contributed by atoms with E-state index in [4.69, 9.17) is 4.42 Å². The smallest absolute Gasteiger partial charge is 0.291 e. The highest BCUT2D eigenvalue weighted by molar-refractivity contribution is 6.04. The molecule has 2 unspecified atom stereocenters. The molecule has 2 fully saturated rings. The molecule has 2 aliphatic heterocycles. The molecule has 3 heterocycles. The van der Waals surface area contributed by atoms with Crippen molar-refractivity contribution in [3.63, 3.8) is 0 Å². The Hall–Kier alpha value is -2.31. The number of nitrogens with zero attached hydrogens (tertiary/aromatic N) is 1. The van der Waals surface area contributed by atoms with Crippen LogP contribution < -0.4 is 10.6 Å². The Morgan fingerprint density at radius 2 is 2.00 bits per heavy atom. The highest BCUT2D eigenvalue weighted by Gasteiger charge is 2.31. The summed E-state index contributed by atoms with van der Waals surface area (Å²) >= 11 is 0. The molecule has 6 nitrogen and oxygen atoms in total. The third-order valence-electron chi connectivity index (χ3n) is 5.29. The molecule has 7 heteroatoms. The first kappa shape index (κ1) is 19.5. The maximum absolute atomic E-state index is 13.0. The molecule has 0 aliphatic carbocycles. The maximum atomic E-state index is 13.0. The standard InChI is InChI=1S/C20H23N3O3.ClH/c1-13-4-5-14(11-17(13)22-19(24)18-3-2-10-26-18)20(25)23-9-8-15-6-7-16(12-23)21-15;/h2-5,10-11,15-16,21H,6-9,12H2,1H3,(H,22,24);1H. The van der Waals surface area contributed by atoms with E-state index in [2.05, 4.69) is 10.6 Å². The van der Waals surface area contributed by atoms with Gasteiger partial charge >= 0.3 is 0 Å². The van der Waals surface area contributed by atoms with Gasteiger partial charge in [0.1, 0.15) is 0 Å². The summed E-state index contributed by atoms with van der Waals surface area (Å²) in [6.07, 6.45) is 4.80. The van der Waals surface area contributed by atoms with E-state index in [0.717, 1.165) is 31.5 Å². The molecule has 27 heavy (non-hydrogen) atoms. The molecular formula is C20H24ClN3O3. The molecule has 2 bridgehead atoms. The van der Waals surface area contributed by atoms with Gasteiger partial charge in [-0.1, -0.05) is 6.07 Å². The van der Waals surface area contributed by atoms with Crippen molar-refractivity contribution in [3.8, 4) is 0 Å². The molecular weight excluding hydrogens is 366 g/mol. The zero-order valence-electron chi connectivity index (χ0n) is 15.2. The Morgan fingerprint density at radius 3 is 2.78 bits per heavy atom. The van der Waals surface area contributed by atoms with E-state index < -0.39 is 0 Å². The minimum Gasteiger partial charge on any atom is -0.459 e. The van der Waals surface area contributed by atoms with Gasteiger partial charge in [-0.15, -0.1) is 12.4 Å². The lowest BCUT2D eigenvalue weighted by atomic mass is 10.1. The number of rotatable bonds is 3. The zero-order chi connectivity index (χ0) is 18.1. The second-order valence-corrected chi connectivity index (χ2v) is 7.14. The molecule has 1 aromatic heterocycles. The lowest BCUT2D eigenvalue weighted by molar-refractivity contribution is 0.0748. The number of nitrogens with one attached hydrogen (secondary N) is 2. The molecule has 1 aromatic carbocycles. The van der Waals surface area contributed by atoms with E-state index in [1.807, 2.05) is 24.0 Å². The van der Waals surface area contributed by atoms with E-state index in [-0.39, 0.29) is 30.0 Å². The predicted octanol–water partition coefficient (Wildman–Crippen LogP) is 3.23. The number of benzene rings is 1. The second-order valence-electron chi connectivity index (χ2n) is 7.14. The van der Waals surface area contributed by atoms with Crippen molar-refractivity contribution in [2.45, 2.75) is 38.3 Å². The van der Waals surface area contributed by atoms with Gasteiger partial charge in [0, 0.05) is 36.4 Å². The fourth-order valence-electron chi connectivity index (χ4n) is 3.79. The van der Waals surface area contributed by atoms with Crippen molar-refractivity contribution in [1.82, 2.24) is 10.2 Å². The summed E-state index contributed by atoms with van der Waals surface area (Å²) in [7, 11) is 0. The highest BCUT2D eigenvalue weighted by atomic mass is 35.5. The minimum atomic E-state index is -0.320. The topological polar surface area (TPSA) is 74.6 Å². The van der Waals surface area contributed by atoms with Crippen molar-refractivity contribution in [2.75, 3.05) is 18.4 Å². The Kier molecular flexibility index (Phi) is 5.87. The van der Waals surface area contributed by atoms with Gasteiger partial charge in [0.2, 0.25) is 0 Å². The summed E-state index contributed by atoms with van der Waals surface area (Å²) in [5.41, 5.74) is 2.13. The number of likely N-dealkylation sites (tertiary alicyclic amines) is 1. The van der Waals surface area contributed by atoms with Gasteiger partial charge in [-0.2, -0.15) is 0 Å². The number of hydrogen-bond donors (Lipinski definition) is 2. The van der Waals surface area contributed by atoms with Gasteiger partial charge in [-0.25, -0.2) is 0 Å². The number of furan rings is 1. The van der Waals surface area contributed by atoms with E-state index in [1.165, 1.54) is 12.7 Å². The van der Waals surface area contributed by atoms with Crippen LogP contribution in [0.2, 0.25) is 0 Å². The van der Waals surface area contributed by atoms with Gasteiger partial charge in [0.05, 0.1) is 6.26 Å². The van der Waals surface area contributed by atoms with E-state index in [0.29, 0.717) is 23.3 Å². The molecule has 2 N–H and O–H groups in total. The Balaban J connectivity index is 0.00000210. The van der Waals surface area contributed by atoms with Crippen LogP contribution in [0, 0.1) is 6.92 Å². The van der Waals surface area contributed by atoms with Crippen LogP contribution >= 0.6 is 12.4 Å². The number of amides is 2. The van der Waals surface area contributed by atoms with Gasteiger partial charge in [0.15, 0.2) is 5.76 Å². The Labute approximate surface area is 164 Å². The fraction of sp³-hybridized carbons (Fsp3) is 0.400. The van der Waals surface area contributed by atoms with E-state index >= 15 is 0 Å². The number of halogens is 1. The van der Waals surface area contributed by atoms with Crippen molar-refractivity contribution < 1.29 is 14.0 Å². The Morgan fingerprint density at radius 1 is 1.19 bits per heavy atom. The first-order valence-corrected chi connectivity index (χ1v) is 9.11. The quantitative estimate of drug-likeness (QED) is 0.845. The lowest BCUT2D eigenvalue weighted by Gasteiger charge is -2.24. The summed E-state index contributed by atoms with van der Waals surface area (Å²) in [5.74, 6) is -0.0532. The number of carbonyl (C=O) groups is 2. The summed E-state index contributed by atoms with van der Waals surface area (Å²) in [4.78, 5) is 27.1. The van der Waals surface area contributed by atoms with Gasteiger partial charge in [-0.05, 0) is 56.0 Å². The van der Waals surface area contributed by atoms with Crippen LogP contribution in [0.15, 0.2) is 41.0 Å².